The summed E-state index contributed by atoms with van der Waals surface area (Å²) in [6.07, 6.45) is 7.04. The Labute approximate surface area is 116 Å². The number of amides is 1. The molecule has 1 unspecified atom stereocenters. The molecular formula is C15H16N2OS. The second kappa shape index (κ2) is 5.13. The lowest BCUT2D eigenvalue weighted by atomic mass is 10.1. The van der Waals surface area contributed by atoms with Gasteiger partial charge in [-0.3, -0.25) is 4.79 Å². The van der Waals surface area contributed by atoms with Crippen LogP contribution in [0.4, 0.5) is 5.13 Å². The number of anilines is 1. The highest BCUT2D eigenvalue weighted by atomic mass is 32.1. The molecule has 1 aromatic carbocycles. The normalized spacial score (nSPS) is 18.1. The second-order valence-electron chi connectivity index (χ2n) is 5.01. The van der Waals surface area contributed by atoms with Gasteiger partial charge in [-0.05, 0) is 43.4 Å². The van der Waals surface area contributed by atoms with Crippen LogP contribution in [-0.4, -0.2) is 10.9 Å². The SMILES string of the molecule is Cc1ccc2nc(NC(=O)CC3C=CCC3)sc2c1. The molecule has 0 fully saturated rings. The summed E-state index contributed by atoms with van der Waals surface area (Å²) in [4.78, 5) is 16.4. The summed E-state index contributed by atoms with van der Waals surface area (Å²) in [5.74, 6) is 0.462. The minimum atomic E-state index is 0.0623. The molecule has 0 radical (unpaired) electrons. The number of rotatable bonds is 3. The number of benzene rings is 1. The Morgan fingerprint density at radius 1 is 1.53 bits per heavy atom. The molecule has 3 nitrogen and oxygen atoms in total. The Kier molecular flexibility index (Phi) is 3.34. The fourth-order valence-corrected chi connectivity index (χ4v) is 3.34. The van der Waals surface area contributed by atoms with Gasteiger partial charge >= 0.3 is 0 Å². The summed E-state index contributed by atoms with van der Waals surface area (Å²) in [5.41, 5.74) is 2.16. The number of hydrogen-bond acceptors (Lipinski definition) is 3. The predicted molar refractivity (Wildman–Crippen MR) is 79.5 cm³/mol. The van der Waals surface area contributed by atoms with Crippen LogP contribution in [0.3, 0.4) is 0 Å². The molecule has 2 aromatic rings. The van der Waals surface area contributed by atoms with Crippen molar-refractivity contribution in [3.05, 3.63) is 35.9 Å². The lowest BCUT2D eigenvalue weighted by Gasteiger charge is -2.06. The van der Waals surface area contributed by atoms with Gasteiger partial charge in [-0.25, -0.2) is 4.98 Å². The van der Waals surface area contributed by atoms with E-state index in [1.54, 1.807) is 0 Å². The van der Waals surface area contributed by atoms with Gasteiger partial charge in [-0.2, -0.15) is 0 Å². The second-order valence-corrected chi connectivity index (χ2v) is 6.04. The van der Waals surface area contributed by atoms with Gasteiger partial charge in [0, 0.05) is 6.42 Å². The van der Waals surface area contributed by atoms with Gasteiger partial charge in [0.25, 0.3) is 0 Å². The van der Waals surface area contributed by atoms with E-state index in [0.717, 1.165) is 23.1 Å². The Morgan fingerprint density at radius 3 is 3.21 bits per heavy atom. The largest absolute Gasteiger partial charge is 0.302 e. The Bertz CT molecular complexity index is 645. The average molecular weight is 272 g/mol. The van der Waals surface area contributed by atoms with Crippen LogP contribution >= 0.6 is 11.3 Å². The quantitative estimate of drug-likeness (QED) is 0.861. The van der Waals surface area contributed by atoms with Crippen molar-refractivity contribution < 1.29 is 4.79 Å². The van der Waals surface area contributed by atoms with E-state index in [1.165, 1.54) is 16.9 Å². The first kappa shape index (κ1) is 12.4. The van der Waals surface area contributed by atoms with Crippen LogP contribution in [0.2, 0.25) is 0 Å². The van der Waals surface area contributed by atoms with Crippen LogP contribution in [0, 0.1) is 12.8 Å². The summed E-state index contributed by atoms with van der Waals surface area (Å²) in [7, 11) is 0. The lowest BCUT2D eigenvalue weighted by Crippen LogP contribution is -2.14. The van der Waals surface area contributed by atoms with Crippen molar-refractivity contribution >= 4 is 32.6 Å². The van der Waals surface area contributed by atoms with E-state index in [2.05, 4.69) is 35.4 Å². The van der Waals surface area contributed by atoms with Gasteiger partial charge in [0.05, 0.1) is 10.2 Å². The third-order valence-corrected chi connectivity index (χ3v) is 4.28. The summed E-state index contributed by atoms with van der Waals surface area (Å²) in [5, 5.41) is 3.61. The number of aromatic nitrogens is 1. The van der Waals surface area contributed by atoms with E-state index in [1.807, 2.05) is 12.1 Å². The Balaban J connectivity index is 1.70. The minimum absolute atomic E-state index is 0.0623. The zero-order valence-electron chi connectivity index (χ0n) is 10.8. The fraction of sp³-hybridized carbons (Fsp3) is 0.333. The van der Waals surface area contributed by atoms with Crippen LogP contribution in [0.1, 0.15) is 24.8 Å². The van der Waals surface area contributed by atoms with Crippen molar-refractivity contribution in [1.82, 2.24) is 4.98 Å². The van der Waals surface area contributed by atoms with Crippen LogP contribution in [0.25, 0.3) is 10.2 Å². The van der Waals surface area contributed by atoms with Crippen molar-refractivity contribution in [3.8, 4) is 0 Å². The molecule has 1 amide bonds. The van der Waals surface area contributed by atoms with Crippen LogP contribution < -0.4 is 5.32 Å². The molecule has 0 spiro atoms. The third kappa shape index (κ3) is 2.84. The number of hydrogen-bond donors (Lipinski definition) is 1. The standard InChI is InChI=1S/C15H16N2OS/c1-10-6-7-12-13(8-10)19-15(16-12)17-14(18)9-11-4-2-3-5-11/h2,4,6-8,11H,3,5,9H2,1H3,(H,16,17,18). The van der Waals surface area contributed by atoms with E-state index in [-0.39, 0.29) is 5.91 Å². The summed E-state index contributed by atoms with van der Waals surface area (Å²) < 4.78 is 1.12. The number of nitrogens with one attached hydrogen (secondary N) is 1. The molecule has 4 heteroatoms. The van der Waals surface area contributed by atoms with E-state index in [0.29, 0.717) is 17.5 Å². The maximum Gasteiger partial charge on any atom is 0.226 e. The Hall–Kier alpha value is -1.68. The first-order valence-corrected chi connectivity index (χ1v) is 7.36. The molecule has 1 aliphatic rings. The molecule has 0 bridgehead atoms. The molecule has 1 aromatic heterocycles. The number of thiazole rings is 1. The van der Waals surface area contributed by atoms with Gasteiger partial charge in [0.15, 0.2) is 5.13 Å². The van der Waals surface area contributed by atoms with Crippen molar-refractivity contribution in [2.24, 2.45) is 5.92 Å². The van der Waals surface area contributed by atoms with Crippen molar-refractivity contribution in [2.45, 2.75) is 26.2 Å². The van der Waals surface area contributed by atoms with Crippen LogP contribution in [0.5, 0.6) is 0 Å². The molecule has 1 atom stereocenters. The first-order valence-electron chi connectivity index (χ1n) is 6.54. The van der Waals surface area contributed by atoms with E-state index in [9.17, 15) is 4.79 Å². The number of carbonyl (C=O) groups is 1. The molecule has 1 heterocycles. The van der Waals surface area contributed by atoms with E-state index < -0.39 is 0 Å². The number of aryl methyl sites for hydroxylation is 1. The van der Waals surface area contributed by atoms with Gasteiger partial charge in [0.1, 0.15) is 0 Å². The molecule has 0 saturated heterocycles. The molecule has 1 aliphatic carbocycles. The highest BCUT2D eigenvalue weighted by Crippen LogP contribution is 2.27. The highest BCUT2D eigenvalue weighted by Gasteiger charge is 2.15. The summed E-state index contributed by atoms with van der Waals surface area (Å²) in [6, 6.07) is 6.13. The molecule has 1 N–H and O–H groups in total. The first-order chi connectivity index (χ1) is 9.20. The number of nitrogens with zero attached hydrogens (tertiary/aromatic N) is 1. The molecular weight excluding hydrogens is 256 g/mol. The molecule has 0 aliphatic heterocycles. The van der Waals surface area contributed by atoms with Crippen molar-refractivity contribution in [2.75, 3.05) is 5.32 Å². The van der Waals surface area contributed by atoms with Crippen LogP contribution in [-0.2, 0) is 4.79 Å². The van der Waals surface area contributed by atoms with Gasteiger partial charge in [-0.15, -0.1) is 0 Å². The topological polar surface area (TPSA) is 42.0 Å². The fourth-order valence-electron chi connectivity index (χ4n) is 2.36. The summed E-state index contributed by atoms with van der Waals surface area (Å²) in [6.45, 7) is 2.06. The van der Waals surface area contributed by atoms with Gasteiger partial charge < -0.3 is 5.32 Å². The number of fused-ring (bicyclic) bond motifs is 1. The average Bonchev–Trinajstić information content (AvgIpc) is 2.97. The summed E-state index contributed by atoms with van der Waals surface area (Å²) >= 11 is 1.54. The molecule has 3 rings (SSSR count). The number of allylic oxidation sites excluding steroid dienone is 2. The smallest absolute Gasteiger partial charge is 0.226 e. The maximum atomic E-state index is 11.9. The Morgan fingerprint density at radius 2 is 2.42 bits per heavy atom. The zero-order valence-corrected chi connectivity index (χ0v) is 11.7. The zero-order chi connectivity index (χ0) is 13.2. The molecule has 0 saturated carbocycles. The third-order valence-electron chi connectivity index (χ3n) is 3.35. The maximum absolute atomic E-state index is 11.9. The van der Waals surface area contributed by atoms with Crippen molar-refractivity contribution in [3.63, 3.8) is 0 Å². The molecule has 19 heavy (non-hydrogen) atoms. The van der Waals surface area contributed by atoms with Crippen LogP contribution in [0.15, 0.2) is 30.4 Å². The minimum Gasteiger partial charge on any atom is -0.302 e. The monoisotopic (exact) mass is 272 g/mol. The van der Waals surface area contributed by atoms with Gasteiger partial charge in [-0.1, -0.05) is 29.6 Å². The predicted octanol–water partition coefficient (Wildman–Crippen LogP) is 3.90. The lowest BCUT2D eigenvalue weighted by molar-refractivity contribution is -0.116. The number of carbonyl (C=O) groups excluding carboxylic acids is 1. The molecule has 98 valence electrons. The van der Waals surface area contributed by atoms with Gasteiger partial charge in [0.2, 0.25) is 5.91 Å². The van der Waals surface area contributed by atoms with E-state index >= 15 is 0 Å². The van der Waals surface area contributed by atoms with E-state index in [4.69, 9.17) is 0 Å². The van der Waals surface area contributed by atoms with Crippen molar-refractivity contribution in [1.29, 1.82) is 0 Å². The highest BCUT2D eigenvalue weighted by molar-refractivity contribution is 7.22.